The molecule has 4 fully saturated rings. The van der Waals surface area contributed by atoms with Crippen molar-refractivity contribution >= 4 is 23.9 Å². The van der Waals surface area contributed by atoms with Crippen LogP contribution in [0.4, 0.5) is 0 Å². The van der Waals surface area contributed by atoms with Crippen LogP contribution in [0.2, 0.25) is 0 Å². The van der Waals surface area contributed by atoms with Crippen molar-refractivity contribution in [1.29, 1.82) is 0 Å². The summed E-state index contributed by atoms with van der Waals surface area (Å²) < 4.78 is 417. The number of fused-ring (bicyclic) bond motifs is 12. The highest BCUT2D eigenvalue weighted by Crippen LogP contribution is 2.50. The number of hydrogen-bond donors (Lipinski definition) is 4. The predicted octanol–water partition coefficient (Wildman–Crippen LogP) is 14.3. The van der Waals surface area contributed by atoms with Crippen molar-refractivity contribution in [3.63, 3.8) is 0 Å². The molecule has 0 amide bonds. The van der Waals surface area contributed by atoms with Crippen LogP contribution in [0, 0.1) is 70.9 Å². The fraction of sp³-hybridized carbons (Fsp3) is 0.708. The summed E-state index contributed by atoms with van der Waals surface area (Å²) in [4.78, 5) is 58.7. The van der Waals surface area contributed by atoms with Crippen LogP contribution in [0.25, 0.3) is 0 Å². The van der Waals surface area contributed by atoms with Gasteiger partial charge in [-0.3, -0.25) is 38.8 Å². The summed E-state index contributed by atoms with van der Waals surface area (Å²) in [5.41, 5.74) is 26.0. The van der Waals surface area contributed by atoms with E-state index in [2.05, 4.69) is 0 Å². The second-order valence-electron chi connectivity index (χ2n) is 32.4. The van der Waals surface area contributed by atoms with E-state index >= 15 is 0 Å². The van der Waals surface area contributed by atoms with Crippen molar-refractivity contribution < 1.29 is 134 Å². The molecule has 8 heterocycles. The molecule has 0 spiro atoms. The van der Waals surface area contributed by atoms with E-state index in [0.29, 0.717) is 29.7 Å². The minimum atomic E-state index is -3.10. The second-order valence-corrected chi connectivity index (χ2v) is 32.4. The molecule has 12 rings (SSSR count). The Hall–Kier alpha value is -7.16. The highest BCUT2D eigenvalue weighted by atomic mass is 16.6. The minimum Gasteiger partial charge on any atom is -0.493 e. The zero-order valence-corrected chi connectivity index (χ0v) is 72.2. The third kappa shape index (κ3) is 23.8. The van der Waals surface area contributed by atoms with Gasteiger partial charge in [-0.2, -0.15) is 0 Å². The lowest BCUT2D eigenvalue weighted by atomic mass is 9.79. The van der Waals surface area contributed by atoms with Gasteiger partial charge in [0.05, 0.1) is 81.4 Å². The standard InChI is InChI=1S/4C24H38N2O4/c4*1-14(2)9-17-13-26-8-7-16-10-21(28-5)22(29-6)11-18(16)19(26)12-20(17)30-24(27)23(25)15(3)4/h4*10-11,14-15,17,19-20,23H,7-9,12-13,25H2,1-6H3/t4*17?,19?,20?,23-/m0000/s1/i1D3,5D3,9D2,10D,11D,14D,20D;1D3,5D3,9D2,10D,11D,14D,19D;1D3,9D2,10D,11D,14D,20D;1D3,9D2,10D,11D,14D,19D/t4*14?,17?,19?,20?,23-. The number of carbonyl (C=O) groups excluding carboxylic acids is 4. The molecule has 0 bridgehead atoms. The van der Waals surface area contributed by atoms with Crippen molar-refractivity contribution in [3.05, 3.63) is 92.8 Å². The molecule has 0 aliphatic carbocycles. The van der Waals surface area contributed by atoms with Gasteiger partial charge in [0, 0.05) is 159 Å². The first-order valence-electron chi connectivity index (χ1n) is 61.5. The van der Waals surface area contributed by atoms with E-state index in [1.165, 1.54) is 40.4 Å². The number of benzene rings is 4. The Bertz CT molecular complexity index is 6050. The zero-order valence-electron chi connectivity index (χ0n) is 114. The fourth-order valence-corrected chi connectivity index (χ4v) is 15.6. The highest BCUT2D eigenvalue weighted by molar-refractivity contribution is 5.77. The van der Waals surface area contributed by atoms with Crippen LogP contribution in [-0.2, 0) is 63.8 Å². The van der Waals surface area contributed by atoms with Gasteiger partial charge in [0.2, 0.25) is 0 Å². The summed E-state index contributed by atoms with van der Waals surface area (Å²) in [5, 5.41) is 0. The molecule has 8 aliphatic rings. The number of nitrogens with two attached hydrogens (primary N) is 4. The van der Waals surface area contributed by atoms with E-state index in [1.807, 2.05) is 0 Å². The summed E-state index contributed by atoms with van der Waals surface area (Å²) in [7, 11) is 1.87. The molecule has 8 aliphatic heterocycles. The number of esters is 4. The maximum Gasteiger partial charge on any atom is 0.323 e. The lowest BCUT2D eigenvalue weighted by molar-refractivity contribution is -0.161. The molecule has 4 aromatic carbocycles. The number of methoxy groups -OCH3 is 8. The lowest BCUT2D eigenvalue weighted by Gasteiger charge is -2.47. The SMILES string of the molecule is [2H]c1c2c(c([2H])c(OC)c1OC([2H])([2H])[2H])C1([2H])CC(OC(=O)[C@@H](N)C(C)C)C(C([2H])([2H])C([2H])(C)C([2H])([2H])[2H])CN1CC2.[2H]c1c2c(c([2H])c(OC)c1OC([2H])([2H])[2H])C1CC([2H])(OC(=O)[C@@H](N)C(C)C)C(C([2H])([2H])C([2H])(C)C([2H])([2H])[2H])CN1CC2.[2H]c1c2c(c([2H])c(OC)c1OC)C1([2H])CC(OC(=O)[C@@H](N)C(C)C)C(C([2H])([2H])C([2H])(C)C([2H])([2H])[2H])CN1CC2.[2H]c1c2c(c([2H])c(OC)c1OC)C1CC([2H])(OC(=O)[C@@H](N)C(C)C)C(C([2H])([2H])C([2H])(C)C([2H])([2H])[2H])CN1CC2. The number of carbonyl (C=O) groups is 4. The smallest absolute Gasteiger partial charge is 0.323 e. The summed E-state index contributed by atoms with van der Waals surface area (Å²) in [5.74, 6) is -22.9. The predicted molar refractivity (Wildman–Crippen MR) is 471 cm³/mol. The maximum atomic E-state index is 13.1. The second kappa shape index (κ2) is 43.9. The van der Waals surface area contributed by atoms with Gasteiger partial charge in [-0.1, -0.05) is 110 Å². The van der Waals surface area contributed by atoms with Crippen molar-refractivity contribution in [2.45, 2.75) is 260 Å². The summed E-state index contributed by atoms with van der Waals surface area (Å²) in [6.45, 7) is 4.74. The molecule has 16 unspecified atom stereocenters. The summed E-state index contributed by atoms with van der Waals surface area (Å²) in [6.07, 6.45) is -19.5. The topological polar surface area (TPSA) is 296 Å². The first-order valence-corrected chi connectivity index (χ1v) is 40.5. The zero-order chi connectivity index (χ0) is 125. The van der Waals surface area contributed by atoms with E-state index < -0.39 is 247 Å². The lowest BCUT2D eigenvalue weighted by Crippen LogP contribution is -2.51. The molecule has 0 saturated carbocycles. The van der Waals surface area contributed by atoms with Gasteiger partial charge in [-0.15, -0.1) is 0 Å². The van der Waals surface area contributed by atoms with E-state index in [0.717, 1.165) is 34.8 Å². The van der Waals surface area contributed by atoms with Crippen LogP contribution in [0.15, 0.2) is 48.3 Å². The third-order valence-electron chi connectivity index (χ3n) is 22.5. The molecule has 20 atom stereocenters. The first kappa shape index (κ1) is 53.2. The van der Waals surface area contributed by atoms with Crippen molar-refractivity contribution in [2.75, 3.05) is 109 Å². The average molecular weight is 1720 g/mol. The monoisotopic (exact) mass is 1720 g/mol. The Morgan fingerprint density at radius 2 is 0.625 bits per heavy atom. The Kier molecular flexibility index (Phi) is 19.5. The van der Waals surface area contributed by atoms with Crippen LogP contribution >= 0.6 is 0 Å². The van der Waals surface area contributed by atoms with Gasteiger partial charge in [0.1, 0.15) is 48.5 Å². The fourth-order valence-electron chi connectivity index (χ4n) is 15.6. The molecule has 672 valence electrons. The van der Waals surface area contributed by atoms with Crippen LogP contribution in [0.1, 0.15) is 288 Å². The van der Waals surface area contributed by atoms with Gasteiger partial charge in [0.15, 0.2) is 46.0 Å². The molecule has 0 aromatic heterocycles. The van der Waals surface area contributed by atoms with Gasteiger partial charge in [-0.25, -0.2) is 0 Å². The third-order valence-corrected chi connectivity index (χ3v) is 22.5. The molecule has 24 nitrogen and oxygen atoms in total. The van der Waals surface area contributed by atoms with Crippen molar-refractivity contribution in [3.8, 4) is 46.0 Å². The highest BCUT2D eigenvalue weighted by Gasteiger charge is 2.47. The van der Waals surface area contributed by atoms with Crippen molar-refractivity contribution in [1.82, 2.24) is 19.6 Å². The van der Waals surface area contributed by atoms with Gasteiger partial charge in [-0.05, 0) is 191 Å². The number of ether oxygens (including phenoxy) is 12. The van der Waals surface area contributed by atoms with Crippen LogP contribution < -0.4 is 60.8 Å². The molecule has 8 N–H and O–H groups in total. The largest absolute Gasteiger partial charge is 0.493 e. The number of piperidine rings is 4. The van der Waals surface area contributed by atoms with E-state index in [-0.39, 0.29) is 200 Å². The molecule has 24 heteroatoms. The van der Waals surface area contributed by atoms with Gasteiger partial charge >= 0.3 is 23.9 Å². The maximum absolute atomic E-state index is 13.1. The summed E-state index contributed by atoms with van der Waals surface area (Å²) >= 11 is 0. The van der Waals surface area contributed by atoms with E-state index in [4.69, 9.17) is 132 Å². The normalized spacial score (nSPS) is 35.5. The van der Waals surface area contributed by atoms with Crippen LogP contribution in [0.3, 0.4) is 0 Å². The molecule has 0 radical (unpaired) electrons. The van der Waals surface area contributed by atoms with Crippen LogP contribution in [0.5, 0.6) is 46.0 Å². The first-order chi connectivity index (χ1) is 73.4. The average Bonchev–Trinajstić information content (AvgIpc) is 0.711. The Labute approximate surface area is 777 Å². The molecule has 4 aromatic rings. The Morgan fingerprint density at radius 3 is 0.908 bits per heavy atom. The summed E-state index contributed by atoms with van der Waals surface area (Å²) in [6, 6.07) is -11.4. The number of rotatable bonds is 28. The quantitative estimate of drug-likeness (QED) is 0.0303. The van der Waals surface area contributed by atoms with Gasteiger partial charge in [0.25, 0.3) is 0 Å². The molecular weight excluding hydrogens is 1520 g/mol. The molecule has 4 saturated heterocycles. The van der Waals surface area contributed by atoms with Crippen molar-refractivity contribution in [2.24, 2.45) is 93.9 Å². The Morgan fingerprint density at radius 1 is 0.375 bits per heavy atom. The number of hydrogen-bond acceptors (Lipinski definition) is 24. The van der Waals surface area contributed by atoms with Crippen LogP contribution in [-0.4, -0.2) is 201 Å². The Balaban J connectivity index is 0.000000238. The van der Waals surface area contributed by atoms with Gasteiger partial charge < -0.3 is 79.8 Å². The number of nitrogens with zero attached hydrogens (tertiary/aromatic N) is 4. The molecule has 120 heavy (non-hydrogen) atoms. The van der Waals surface area contributed by atoms with E-state index in [9.17, 15) is 24.7 Å². The van der Waals surface area contributed by atoms with E-state index in [1.54, 1.807) is 70.1 Å². The molecular formula is C96H152N8O16. The minimum absolute atomic E-state index is 0.0221.